The first kappa shape index (κ1) is 14.0. The monoisotopic (exact) mass is 328 g/mol. The molecule has 2 aromatic heterocycles. The first-order chi connectivity index (χ1) is 11.2. The summed E-state index contributed by atoms with van der Waals surface area (Å²) < 4.78 is 10.8. The van der Waals surface area contributed by atoms with Crippen LogP contribution in [0, 0.1) is 0 Å². The van der Waals surface area contributed by atoms with Gasteiger partial charge in [0.1, 0.15) is 17.3 Å². The summed E-state index contributed by atoms with van der Waals surface area (Å²) in [5.41, 5.74) is -0.0861. The number of benzene rings is 1. The van der Waals surface area contributed by atoms with Crippen LogP contribution in [0.5, 0.6) is 5.19 Å². The van der Waals surface area contributed by atoms with Crippen molar-refractivity contribution in [2.24, 2.45) is 0 Å². The van der Waals surface area contributed by atoms with Crippen LogP contribution < -0.4 is 10.4 Å². The van der Waals surface area contributed by atoms with Crippen molar-refractivity contribution in [3.05, 3.63) is 57.9 Å². The molecule has 0 atom stereocenters. The molecule has 1 aliphatic rings. The number of carbonyl (C=O) groups excluding carboxylic acids is 1. The molecule has 116 valence electrons. The second-order valence-electron chi connectivity index (χ2n) is 5.23. The Kier molecular flexibility index (Phi) is 3.34. The Balaban J connectivity index is 1.50. The first-order valence-electron chi connectivity index (χ1n) is 7.09. The number of para-hydroxylation sites is 1. The van der Waals surface area contributed by atoms with Crippen molar-refractivity contribution in [1.82, 2.24) is 9.88 Å². The van der Waals surface area contributed by atoms with Gasteiger partial charge in [0.05, 0.1) is 13.1 Å². The Morgan fingerprint density at radius 3 is 2.96 bits per heavy atom. The standard InChI is InChI=1S/C16H12N2O4S/c19-14(18-8-11(9-18)21-16-17-5-6-23-16)12-7-10-3-1-2-4-13(10)22-15(12)20/h1-7,11H,8-9H2. The van der Waals surface area contributed by atoms with Gasteiger partial charge in [-0.2, -0.15) is 0 Å². The highest BCUT2D eigenvalue weighted by molar-refractivity contribution is 7.11. The maximum Gasteiger partial charge on any atom is 0.349 e. The molecule has 7 heteroatoms. The van der Waals surface area contributed by atoms with Crippen molar-refractivity contribution in [2.45, 2.75) is 6.10 Å². The number of aromatic nitrogens is 1. The molecule has 23 heavy (non-hydrogen) atoms. The molecule has 1 aliphatic heterocycles. The lowest BCUT2D eigenvalue weighted by molar-refractivity contribution is 0.0174. The minimum Gasteiger partial charge on any atom is -0.463 e. The quantitative estimate of drug-likeness (QED) is 0.689. The molecule has 1 aromatic carbocycles. The summed E-state index contributed by atoms with van der Waals surface area (Å²) in [6.45, 7) is 0.870. The number of likely N-dealkylation sites (tertiary alicyclic amines) is 1. The molecule has 0 radical (unpaired) electrons. The molecule has 1 fully saturated rings. The van der Waals surface area contributed by atoms with Gasteiger partial charge in [0.15, 0.2) is 0 Å². The lowest BCUT2D eigenvalue weighted by Gasteiger charge is -2.38. The third kappa shape index (κ3) is 2.59. The van der Waals surface area contributed by atoms with Crippen molar-refractivity contribution < 1.29 is 13.9 Å². The summed E-state index contributed by atoms with van der Waals surface area (Å²) in [7, 11) is 0. The highest BCUT2D eigenvalue weighted by Gasteiger charge is 2.34. The summed E-state index contributed by atoms with van der Waals surface area (Å²) in [6, 6.07) is 8.70. The molecular formula is C16H12N2O4S. The Bertz CT molecular complexity index is 913. The summed E-state index contributed by atoms with van der Waals surface area (Å²) in [5.74, 6) is -0.330. The third-order valence-electron chi connectivity index (χ3n) is 3.68. The average Bonchev–Trinajstić information content (AvgIpc) is 3.02. The van der Waals surface area contributed by atoms with Crippen LogP contribution in [0.1, 0.15) is 10.4 Å². The Hall–Kier alpha value is -2.67. The Morgan fingerprint density at radius 1 is 1.35 bits per heavy atom. The van der Waals surface area contributed by atoms with E-state index in [2.05, 4.69) is 4.98 Å². The largest absolute Gasteiger partial charge is 0.463 e. The predicted molar refractivity (Wildman–Crippen MR) is 84.9 cm³/mol. The van der Waals surface area contributed by atoms with Gasteiger partial charge < -0.3 is 14.1 Å². The van der Waals surface area contributed by atoms with Gasteiger partial charge in [-0.3, -0.25) is 4.79 Å². The number of hydrogen-bond acceptors (Lipinski definition) is 6. The number of rotatable bonds is 3. The summed E-state index contributed by atoms with van der Waals surface area (Å²) >= 11 is 1.41. The van der Waals surface area contributed by atoms with E-state index in [9.17, 15) is 9.59 Å². The van der Waals surface area contributed by atoms with E-state index in [-0.39, 0.29) is 17.6 Å². The number of thiazole rings is 1. The SMILES string of the molecule is O=C(c1cc2ccccc2oc1=O)N1CC(Oc2nccs2)C1. The van der Waals surface area contributed by atoms with Gasteiger partial charge in [0.25, 0.3) is 11.1 Å². The fraction of sp³-hybridized carbons (Fsp3) is 0.188. The van der Waals surface area contributed by atoms with E-state index in [0.717, 1.165) is 5.39 Å². The van der Waals surface area contributed by atoms with Gasteiger partial charge >= 0.3 is 5.63 Å². The summed E-state index contributed by atoms with van der Waals surface area (Å²) in [5, 5.41) is 3.15. The molecule has 1 saturated heterocycles. The summed E-state index contributed by atoms with van der Waals surface area (Å²) in [4.78, 5) is 30.1. The van der Waals surface area contributed by atoms with Gasteiger partial charge in [-0.1, -0.05) is 29.5 Å². The molecule has 1 amide bonds. The minimum atomic E-state index is -0.613. The van der Waals surface area contributed by atoms with Crippen molar-refractivity contribution >= 4 is 28.2 Å². The van der Waals surface area contributed by atoms with E-state index in [4.69, 9.17) is 9.15 Å². The first-order valence-corrected chi connectivity index (χ1v) is 7.97. The minimum absolute atomic E-state index is 0.0522. The van der Waals surface area contributed by atoms with E-state index < -0.39 is 5.63 Å². The van der Waals surface area contributed by atoms with Crippen LogP contribution in [0.4, 0.5) is 0 Å². The lowest BCUT2D eigenvalue weighted by Crippen LogP contribution is -2.56. The van der Waals surface area contributed by atoms with Crippen LogP contribution in [-0.4, -0.2) is 35.0 Å². The molecule has 0 unspecified atom stereocenters. The number of carbonyl (C=O) groups is 1. The fourth-order valence-corrected chi connectivity index (χ4v) is 3.02. The molecule has 3 aromatic rings. The highest BCUT2D eigenvalue weighted by atomic mass is 32.1. The van der Waals surface area contributed by atoms with Gasteiger partial charge in [0, 0.05) is 17.0 Å². The van der Waals surface area contributed by atoms with Gasteiger partial charge in [-0.15, -0.1) is 0 Å². The zero-order valence-corrected chi connectivity index (χ0v) is 12.8. The zero-order valence-electron chi connectivity index (χ0n) is 12.0. The van der Waals surface area contributed by atoms with Gasteiger partial charge in [0.2, 0.25) is 0 Å². The molecular weight excluding hydrogens is 316 g/mol. The van der Waals surface area contributed by atoms with Gasteiger partial charge in [-0.05, 0) is 12.1 Å². The topological polar surface area (TPSA) is 72.6 Å². The average molecular weight is 328 g/mol. The molecule has 0 saturated carbocycles. The van der Waals surface area contributed by atoms with E-state index in [1.165, 1.54) is 11.3 Å². The molecule has 0 bridgehead atoms. The molecule has 3 heterocycles. The second-order valence-corrected chi connectivity index (χ2v) is 6.09. The van der Waals surface area contributed by atoms with Crippen molar-refractivity contribution in [1.29, 1.82) is 0 Å². The summed E-state index contributed by atoms with van der Waals surface area (Å²) in [6.07, 6.45) is 1.58. The Morgan fingerprint density at radius 2 is 2.17 bits per heavy atom. The Labute approximate surface area is 134 Å². The number of fused-ring (bicyclic) bond motifs is 1. The van der Waals surface area contributed by atoms with Gasteiger partial charge in [-0.25, -0.2) is 9.78 Å². The van der Waals surface area contributed by atoms with Crippen LogP contribution >= 0.6 is 11.3 Å². The molecule has 0 aliphatic carbocycles. The van der Waals surface area contributed by atoms with Crippen LogP contribution in [0.15, 0.2) is 51.1 Å². The molecule has 0 spiro atoms. The second kappa shape index (κ2) is 5.51. The molecule has 6 nitrogen and oxygen atoms in total. The van der Waals surface area contributed by atoms with Crippen LogP contribution in [-0.2, 0) is 0 Å². The molecule has 4 rings (SSSR count). The zero-order chi connectivity index (χ0) is 15.8. The smallest absolute Gasteiger partial charge is 0.349 e. The number of nitrogens with zero attached hydrogens (tertiary/aromatic N) is 2. The van der Waals surface area contributed by atoms with Crippen LogP contribution in [0.25, 0.3) is 11.0 Å². The lowest BCUT2D eigenvalue weighted by atomic mass is 10.1. The van der Waals surface area contributed by atoms with E-state index in [1.54, 1.807) is 35.4 Å². The van der Waals surface area contributed by atoms with Crippen molar-refractivity contribution in [3.63, 3.8) is 0 Å². The van der Waals surface area contributed by atoms with Crippen molar-refractivity contribution in [2.75, 3.05) is 13.1 Å². The third-order valence-corrected chi connectivity index (χ3v) is 4.35. The maximum atomic E-state index is 12.4. The van der Waals surface area contributed by atoms with E-state index >= 15 is 0 Å². The highest BCUT2D eigenvalue weighted by Crippen LogP contribution is 2.22. The predicted octanol–water partition coefficient (Wildman–Crippen LogP) is 2.15. The fourth-order valence-electron chi connectivity index (χ4n) is 2.47. The van der Waals surface area contributed by atoms with Crippen molar-refractivity contribution in [3.8, 4) is 5.19 Å². The normalized spacial score (nSPS) is 14.7. The van der Waals surface area contributed by atoms with E-state index in [1.807, 2.05) is 11.4 Å². The maximum absolute atomic E-state index is 12.4. The van der Waals surface area contributed by atoms with Crippen LogP contribution in [0.2, 0.25) is 0 Å². The number of hydrogen-bond donors (Lipinski definition) is 0. The number of amides is 1. The molecule has 0 N–H and O–H groups in total. The van der Waals surface area contributed by atoms with Crippen LogP contribution in [0.3, 0.4) is 0 Å². The van der Waals surface area contributed by atoms with E-state index in [0.29, 0.717) is 23.9 Å². The number of ether oxygens (including phenoxy) is 1.